The van der Waals surface area contributed by atoms with Crippen LogP contribution in [0.25, 0.3) is 0 Å². The Labute approximate surface area is 347 Å². The lowest BCUT2D eigenvalue weighted by molar-refractivity contribution is -0.870. The molecule has 0 saturated heterocycles. The first-order valence-corrected chi connectivity index (χ1v) is 24.9. The van der Waals surface area contributed by atoms with Crippen molar-refractivity contribution in [3.63, 3.8) is 0 Å². The second-order valence-electron chi connectivity index (χ2n) is 17.1. The Morgan fingerprint density at radius 1 is 0.589 bits per heavy atom. The number of nitrogens with one attached hydrogen (secondary N) is 1. The number of carbonyl (C=O) groups excluding carboxylic acids is 1. The van der Waals surface area contributed by atoms with Crippen molar-refractivity contribution in [2.45, 2.75) is 219 Å². The van der Waals surface area contributed by atoms with Gasteiger partial charge in [-0.05, 0) is 44.9 Å². The van der Waals surface area contributed by atoms with Gasteiger partial charge in [-0.2, -0.15) is 0 Å². The van der Waals surface area contributed by atoms with Gasteiger partial charge >= 0.3 is 7.82 Å². The lowest BCUT2D eigenvalue weighted by atomic mass is 10.0. The summed E-state index contributed by atoms with van der Waals surface area (Å²) < 4.78 is 23.3. The quantitative estimate of drug-likeness (QED) is 0.0245. The number of phosphoric acid groups is 1. The topological polar surface area (TPSA) is 105 Å². The number of hydrogen-bond donors (Lipinski definition) is 3. The van der Waals surface area contributed by atoms with Crippen molar-refractivity contribution in [3.05, 3.63) is 36.5 Å². The molecule has 8 nitrogen and oxygen atoms in total. The Bertz CT molecular complexity index is 1010. The summed E-state index contributed by atoms with van der Waals surface area (Å²) in [5, 5.41) is 13.6. The zero-order valence-electron chi connectivity index (χ0n) is 37.4. The fraction of sp³-hybridized carbons (Fsp3) is 0.851. The fourth-order valence-electron chi connectivity index (χ4n) is 6.60. The van der Waals surface area contributed by atoms with Crippen molar-refractivity contribution >= 4 is 13.7 Å². The van der Waals surface area contributed by atoms with E-state index in [2.05, 4.69) is 43.5 Å². The summed E-state index contributed by atoms with van der Waals surface area (Å²) in [7, 11) is 1.54. The van der Waals surface area contributed by atoms with Gasteiger partial charge in [-0.3, -0.25) is 13.8 Å². The van der Waals surface area contributed by atoms with Crippen molar-refractivity contribution in [1.82, 2.24) is 5.32 Å². The number of phosphoric ester groups is 1. The van der Waals surface area contributed by atoms with Crippen LogP contribution in [0.2, 0.25) is 0 Å². The number of unbranched alkanes of at least 4 members (excludes halogenated alkanes) is 25. The Hall–Kier alpha value is -1.28. The number of aliphatic hydroxyl groups excluding tert-OH is 1. The molecule has 3 N–H and O–H groups in total. The Morgan fingerprint density at radius 2 is 0.982 bits per heavy atom. The van der Waals surface area contributed by atoms with Gasteiger partial charge < -0.3 is 19.8 Å². The molecule has 0 aliphatic rings. The molecule has 0 fully saturated rings. The Kier molecular flexibility index (Phi) is 38.3. The normalized spacial score (nSPS) is 14.6. The molecule has 0 aromatic rings. The second kappa shape index (κ2) is 39.2. The molecule has 9 heteroatoms. The minimum absolute atomic E-state index is 0.0532. The first kappa shape index (κ1) is 54.7. The van der Waals surface area contributed by atoms with Crippen LogP contribution < -0.4 is 5.32 Å². The van der Waals surface area contributed by atoms with Crippen LogP contribution in [0.5, 0.6) is 0 Å². The van der Waals surface area contributed by atoms with Crippen molar-refractivity contribution in [2.24, 2.45) is 0 Å². The third-order valence-corrected chi connectivity index (χ3v) is 11.3. The smallest absolute Gasteiger partial charge is 0.387 e. The van der Waals surface area contributed by atoms with E-state index in [1.807, 2.05) is 27.2 Å². The molecule has 3 unspecified atom stereocenters. The third-order valence-electron chi connectivity index (χ3n) is 10.3. The Morgan fingerprint density at radius 3 is 1.43 bits per heavy atom. The third kappa shape index (κ3) is 40.9. The van der Waals surface area contributed by atoms with Crippen molar-refractivity contribution in [2.75, 3.05) is 40.9 Å². The van der Waals surface area contributed by atoms with Crippen LogP contribution in [-0.4, -0.2) is 73.4 Å². The molecule has 0 aromatic carbocycles. The minimum Gasteiger partial charge on any atom is -0.387 e. The maximum Gasteiger partial charge on any atom is 0.472 e. The van der Waals surface area contributed by atoms with Crippen LogP contribution in [0.4, 0.5) is 0 Å². The molecule has 0 aliphatic heterocycles. The van der Waals surface area contributed by atoms with E-state index in [1.54, 1.807) is 6.08 Å². The molecule has 1 amide bonds. The predicted molar refractivity (Wildman–Crippen MR) is 240 cm³/mol. The van der Waals surface area contributed by atoms with Gasteiger partial charge in [0.05, 0.1) is 39.9 Å². The average molecular weight is 812 g/mol. The van der Waals surface area contributed by atoms with Gasteiger partial charge in [0, 0.05) is 6.42 Å². The average Bonchev–Trinajstić information content (AvgIpc) is 3.15. The molecule has 0 radical (unpaired) electrons. The molecule has 330 valence electrons. The summed E-state index contributed by atoms with van der Waals surface area (Å²) >= 11 is 0. The second-order valence-corrected chi connectivity index (χ2v) is 18.6. The summed E-state index contributed by atoms with van der Waals surface area (Å²) in [5.41, 5.74) is 0. The van der Waals surface area contributed by atoms with E-state index in [0.29, 0.717) is 17.4 Å². The summed E-state index contributed by atoms with van der Waals surface area (Å²) in [6, 6.07) is -0.863. The van der Waals surface area contributed by atoms with Crippen molar-refractivity contribution in [3.8, 4) is 0 Å². The fourth-order valence-corrected chi connectivity index (χ4v) is 7.34. The first-order chi connectivity index (χ1) is 27.0. The highest BCUT2D eigenvalue weighted by Crippen LogP contribution is 2.43. The number of likely N-dealkylation sites (N-methyl/N-ethyl adjacent to an activating group) is 1. The molecule has 0 heterocycles. The zero-order valence-corrected chi connectivity index (χ0v) is 38.3. The van der Waals surface area contributed by atoms with Crippen LogP contribution in [-0.2, 0) is 18.4 Å². The van der Waals surface area contributed by atoms with Gasteiger partial charge in [-0.15, -0.1) is 0 Å². The molecule has 0 aliphatic carbocycles. The number of carbonyl (C=O) groups is 1. The van der Waals surface area contributed by atoms with Crippen LogP contribution >= 0.6 is 7.82 Å². The SMILES string of the molecule is CCCCCCCCCCCCCCCCCCCCCC/C=C/CC/C=C/CC/C=C/C(O)C(COP(=O)(O)OCC[N+](C)(C)C)NC(=O)CCCCCC. The van der Waals surface area contributed by atoms with E-state index in [4.69, 9.17) is 9.05 Å². The predicted octanol–water partition coefficient (Wildman–Crippen LogP) is 13.1. The maximum absolute atomic E-state index is 12.6. The molecule has 0 aromatic heterocycles. The summed E-state index contributed by atoms with van der Waals surface area (Å²) in [4.78, 5) is 22.7. The number of rotatable bonds is 42. The Balaban J connectivity index is 4.00. The maximum atomic E-state index is 12.6. The monoisotopic (exact) mass is 812 g/mol. The van der Waals surface area contributed by atoms with E-state index in [-0.39, 0.29) is 19.1 Å². The van der Waals surface area contributed by atoms with E-state index < -0.39 is 20.0 Å². The van der Waals surface area contributed by atoms with Crippen molar-refractivity contribution in [1.29, 1.82) is 0 Å². The molecule has 0 saturated carbocycles. The summed E-state index contributed by atoms with van der Waals surface area (Å²) in [6.07, 6.45) is 48.9. The van der Waals surface area contributed by atoms with Gasteiger partial charge in [0.25, 0.3) is 0 Å². The van der Waals surface area contributed by atoms with Gasteiger partial charge in [-0.25, -0.2) is 4.57 Å². The molecule has 3 atom stereocenters. The van der Waals surface area contributed by atoms with Crippen molar-refractivity contribution < 1.29 is 32.9 Å². The van der Waals surface area contributed by atoms with Crippen LogP contribution in [0.1, 0.15) is 206 Å². The van der Waals surface area contributed by atoms with E-state index in [0.717, 1.165) is 51.4 Å². The lowest BCUT2D eigenvalue weighted by Gasteiger charge is -2.25. The lowest BCUT2D eigenvalue weighted by Crippen LogP contribution is -2.45. The van der Waals surface area contributed by atoms with E-state index >= 15 is 0 Å². The van der Waals surface area contributed by atoms with E-state index in [1.165, 1.54) is 135 Å². The van der Waals surface area contributed by atoms with Crippen LogP contribution in [0.15, 0.2) is 36.5 Å². The number of allylic oxidation sites excluding steroid dienone is 5. The number of nitrogens with zero attached hydrogens (tertiary/aromatic N) is 1. The first-order valence-electron chi connectivity index (χ1n) is 23.4. The highest BCUT2D eigenvalue weighted by Gasteiger charge is 2.27. The van der Waals surface area contributed by atoms with Gasteiger partial charge in [0.2, 0.25) is 5.91 Å². The van der Waals surface area contributed by atoms with Gasteiger partial charge in [0.15, 0.2) is 0 Å². The largest absolute Gasteiger partial charge is 0.472 e. The minimum atomic E-state index is -4.33. The van der Waals surface area contributed by atoms with E-state index in [9.17, 15) is 19.4 Å². The molecular weight excluding hydrogens is 719 g/mol. The molecular formula is C47H92N2O6P+. The molecule has 0 spiro atoms. The molecule has 56 heavy (non-hydrogen) atoms. The molecule has 0 rings (SSSR count). The van der Waals surface area contributed by atoms with Gasteiger partial charge in [-0.1, -0.05) is 192 Å². The highest BCUT2D eigenvalue weighted by atomic mass is 31.2. The number of hydrogen-bond acceptors (Lipinski definition) is 5. The number of quaternary nitrogens is 1. The van der Waals surface area contributed by atoms with Crippen LogP contribution in [0, 0.1) is 0 Å². The molecule has 0 bridgehead atoms. The summed E-state index contributed by atoms with van der Waals surface area (Å²) in [5.74, 6) is -0.210. The van der Waals surface area contributed by atoms with Gasteiger partial charge in [0.1, 0.15) is 13.2 Å². The zero-order chi connectivity index (χ0) is 41.4. The van der Waals surface area contributed by atoms with Crippen LogP contribution in [0.3, 0.4) is 0 Å². The highest BCUT2D eigenvalue weighted by molar-refractivity contribution is 7.47. The number of aliphatic hydroxyl groups is 1. The number of amides is 1. The standard InChI is InChI=1S/C47H91N2O6P/c1-6-8-10-12-13-14-15-16-17-18-19-20-21-22-23-24-25-26-27-28-29-30-31-32-33-34-35-36-37-38-40-46(50)45(48-47(51)41-39-11-9-7-2)44-55-56(52,53)54-43-42-49(3,4)5/h30-31,34-35,38,40,45-46,50H,6-29,32-33,36-37,39,41-44H2,1-5H3,(H-,48,51,52,53)/p+1/b31-30+,35-34+,40-38+. The summed E-state index contributed by atoms with van der Waals surface area (Å²) in [6.45, 7) is 4.65.